The molecule has 3 nitrogen and oxygen atoms in total. The SMILES string of the molecule is CCCCCCCCc1ccc(C=NCC(=N)N)cc1. The van der Waals surface area contributed by atoms with Crippen LogP contribution in [0, 0.1) is 5.41 Å². The molecule has 0 aromatic heterocycles. The van der Waals surface area contributed by atoms with Crippen molar-refractivity contribution in [3.8, 4) is 0 Å². The summed E-state index contributed by atoms with van der Waals surface area (Å²) in [5.74, 6) is 0.0981. The van der Waals surface area contributed by atoms with Crippen molar-refractivity contribution in [2.45, 2.75) is 51.9 Å². The zero-order chi connectivity index (χ0) is 14.6. The van der Waals surface area contributed by atoms with E-state index in [-0.39, 0.29) is 12.4 Å². The molecule has 1 aromatic carbocycles. The fraction of sp³-hybridized carbons (Fsp3) is 0.529. The Labute approximate surface area is 122 Å². The van der Waals surface area contributed by atoms with E-state index in [9.17, 15) is 0 Å². The quantitative estimate of drug-likeness (QED) is 0.378. The molecule has 3 N–H and O–H groups in total. The molecule has 0 amide bonds. The van der Waals surface area contributed by atoms with Crippen molar-refractivity contribution in [1.29, 1.82) is 5.41 Å². The first-order chi connectivity index (χ1) is 9.72. The maximum atomic E-state index is 7.09. The van der Waals surface area contributed by atoms with Gasteiger partial charge in [-0.05, 0) is 24.0 Å². The number of rotatable bonds is 10. The van der Waals surface area contributed by atoms with Gasteiger partial charge in [0.25, 0.3) is 0 Å². The highest BCUT2D eigenvalue weighted by Crippen LogP contribution is 2.10. The highest BCUT2D eigenvalue weighted by molar-refractivity contribution is 5.84. The summed E-state index contributed by atoms with van der Waals surface area (Å²) in [5.41, 5.74) is 7.71. The van der Waals surface area contributed by atoms with Crippen molar-refractivity contribution < 1.29 is 0 Å². The second-order valence-corrected chi connectivity index (χ2v) is 5.25. The third-order valence-electron chi connectivity index (χ3n) is 3.30. The van der Waals surface area contributed by atoms with Gasteiger partial charge in [-0.2, -0.15) is 0 Å². The lowest BCUT2D eigenvalue weighted by Crippen LogP contribution is -2.12. The van der Waals surface area contributed by atoms with Crippen molar-refractivity contribution in [2.24, 2.45) is 10.7 Å². The van der Waals surface area contributed by atoms with E-state index in [0.717, 1.165) is 12.0 Å². The summed E-state index contributed by atoms with van der Waals surface area (Å²) in [5, 5.41) is 7.09. The van der Waals surface area contributed by atoms with Crippen LogP contribution in [0.15, 0.2) is 29.3 Å². The van der Waals surface area contributed by atoms with E-state index in [1.165, 1.54) is 44.1 Å². The molecule has 0 saturated heterocycles. The number of aliphatic imine (C=N–C) groups is 1. The van der Waals surface area contributed by atoms with Crippen LogP contribution < -0.4 is 5.73 Å². The van der Waals surface area contributed by atoms with Crippen molar-refractivity contribution in [1.82, 2.24) is 0 Å². The van der Waals surface area contributed by atoms with Crippen LogP contribution in [-0.4, -0.2) is 18.6 Å². The molecule has 0 fully saturated rings. The molecule has 1 aromatic rings. The van der Waals surface area contributed by atoms with Gasteiger partial charge < -0.3 is 5.73 Å². The number of nitrogens with two attached hydrogens (primary N) is 1. The molecule has 0 heterocycles. The summed E-state index contributed by atoms with van der Waals surface area (Å²) in [6.07, 6.45) is 11.0. The smallest absolute Gasteiger partial charge is 0.113 e. The lowest BCUT2D eigenvalue weighted by Gasteiger charge is -2.02. The Morgan fingerprint density at radius 1 is 1.10 bits per heavy atom. The summed E-state index contributed by atoms with van der Waals surface area (Å²) in [7, 11) is 0. The van der Waals surface area contributed by atoms with Gasteiger partial charge in [-0.1, -0.05) is 63.3 Å². The Morgan fingerprint density at radius 2 is 1.75 bits per heavy atom. The van der Waals surface area contributed by atoms with Gasteiger partial charge in [0.05, 0.1) is 6.54 Å². The molecular weight excluding hydrogens is 246 g/mol. The lowest BCUT2D eigenvalue weighted by atomic mass is 10.0. The highest BCUT2D eigenvalue weighted by atomic mass is 14.8. The number of nitrogens with one attached hydrogen (secondary N) is 1. The standard InChI is InChI=1S/C17H27N3/c1-2-3-4-5-6-7-8-15-9-11-16(12-10-15)13-20-14-17(18)19/h9-13H,2-8,14H2,1H3,(H3,18,19). The van der Waals surface area contributed by atoms with Gasteiger partial charge in [0.15, 0.2) is 0 Å². The Balaban J connectivity index is 2.24. The van der Waals surface area contributed by atoms with E-state index in [4.69, 9.17) is 11.1 Å². The van der Waals surface area contributed by atoms with Crippen LogP contribution in [-0.2, 0) is 6.42 Å². The van der Waals surface area contributed by atoms with E-state index in [2.05, 4.69) is 36.2 Å². The normalized spacial score (nSPS) is 11.1. The number of hydrogen-bond acceptors (Lipinski definition) is 2. The summed E-state index contributed by atoms with van der Waals surface area (Å²) >= 11 is 0. The number of nitrogens with zero attached hydrogens (tertiary/aromatic N) is 1. The zero-order valence-electron chi connectivity index (χ0n) is 12.6. The number of unbranched alkanes of at least 4 members (excludes halogenated alkanes) is 5. The van der Waals surface area contributed by atoms with Gasteiger partial charge in [-0.25, -0.2) is 0 Å². The Kier molecular flexibility index (Phi) is 8.36. The first-order valence-corrected chi connectivity index (χ1v) is 7.64. The van der Waals surface area contributed by atoms with Crippen LogP contribution in [0.2, 0.25) is 0 Å². The molecule has 0 atom stereocenters. The minimum atomic E-state index is 0.0981. The van der Waals surface area contributed by atoms with Crippen LogP contribution in [0.5, 0.6) is 0 Å². The van der Waals surface area contributed by atoms with Crippen molar-refractivity contribution >= 4 is 12.1 Å². The fourth-order valence-corrected chi connectivity index (χ4v) is 2.13. The van der Waals surface area contributed by atoms with E-state index in [0.29, 0.717) is 0 Å². The third-order valence-corrected chi connectivity index (χ3v) is 3.30. The molecule has 0 saturated carbocycles. The second-order valence-electron chi connectivity index (χ2n) is 5.25. The summed E-state index contributed by atoms with van der Waals surface area (Å²) in [6, 6.07) is 8.49. The molecule has 110 valence electrons. The highest BCUT2D eigenvalue weighted by Gasteiger charge is 1.95. The minimum Gasteiger partial charge on any atom is -0.386 e. The van der Waals surface area contributed by atoms with Crippen LogP contribution in [0.3, 0.4) is 0 Å². The minimum absolute atomic E-state index is 0.0981. The van der Waals surface area contributed by atoms with E-state index in [1.807, 2.05) is 0 Å². The molecule has 0 bridgehead atoms. The lowest BCUT2D eigenvalue weighted by molar-refractivity contribution is 0.607. The summed E-state index contributed by atoms with van der Waals surface area (Å²) in [6.45, 7) is 2.53. The molecule has 0 aliphatic rings. The summed E-state index contributed by atoms with van der Waals surface area (Å²) < 4.78 is 0. The monoisotopic (exact) mass is 273 g/mol. The topological polar surface area (TPSA) is 62.2 Å². The van der Waals surface area contributed by atoms with Gasteiger partial charge in [0.2, 0.25) is 0 Å². The molecule has 0 aliphatic carbocycles. The maximum absolute atomic E-state index is 7.09. The van der Waals surface area contributed by atoms with Crippen LogP contribution in [0.4, 0.5) is 0 Å². The van der Waals surface area contributed by atoms with Gasteiger partial charge in [-0.3, -0.25) is 10.4 Å². The second kappa shape index (κ2) is 10.2. The molecule has 0 aliphatic heterocycles. The predicted molar refractivity (Wildman–Crippen MR) is 87.9 cm³/mol. The molecule has 1 rings (SSSR count). The zero-order valence-corrected chi connectivity index (χ0v) is 12.6. The molecule has 0 radical (unpaired) electrons. The number of benzene rings is 1. The molecule has 3 heteroatoms. The van der Waals surface area contributed by atoms with Crippen LogP contribution in [0.1, 0.15) is 56.6 Å². The van der Waals surface area contributed by atoms with Crippen LogP contribution >= 0.6 is 0 Å². The Hall–Kier alpha value is -1.64. The van der Waals surface area contributed by atoms with E-state index in [1.54, 1.807) is 6.21 Å². The number of hydrogen-bond donors (Lipinski definition) is 2. The third kappa shape index (κ3) is 7.72. The average molecular weight is 273 g/mol. The first-order valence-electron chi connectivity index (χ1n) is 7.64. The van der Waals surface area contributed by atoms with Gasteiger partial charge in [0, 0.05) is 6.21 Å². The van der Waals surface area contributed by atoms with E-state index >= 15 is 0 Å². The molecular formula is C17H27N3. The summed E-state index contributed by atoms with van der Waals surface area (Å²) in [4.78, 5) is 4.10. The largest absolute Gasteiger partial charge is 0.386 e. The number of aryl methyl sites for hydroxylation is 1. The molecule has 0 spiro atoms. The van der Waals surface area contributed by atoms with Crippen molar-refractivity contribution in [3.63, 3.8) is 0 Å². The maximum Gasteiger partial charge on any atom is 0.113 e. The van der Waals surface area contributed by atoms with Crippen molar-refractivity contribution in [2.75, 3.05) is 6.54 Å². The number of amidine groups is 1. The average Bonchev–Trinajstić information content (AvgIpc) is 2.44. The first kappa shape index (κ1) is 16.4. The van der Waals surface area contributed by atoms with Gasteiger partial charge in [-0.15, -0.1) is 0 Å². The Morgan fingerprint density at radius 3 is 2.40 bits per heavy atom. The Bertz CT molecular complexity index is 407. The molecule has 0 unspecified atom stereocenters. The van der Waals surface area contributed by atoms with Crippen molar-refractivity contribution in [3.05, 3.63) is 35.4 Å². The fourth-order valence-electron chi connectivity index (χ4n) is 2.13. The van der Waals surface area contributed by atoms with Crippen LogP contribution in [0.25, 0.3) is 0 Å². The van der Waals surface area contributed by atoms with E-state index < -0.39 is 0 Å². The van der Waals surface area contributed by atoms with Gasteiger partial charge >= 0.3 is 0 Å². The predicted octanol–water partition coefficient (Wildman–Crippen LogP) is 3.94. The van der Waals surface area contributed by atoms with Gasteiger partial charge in [0.1, 0.15) is 5.84 Å². The molecule has 20 heavy (non-hydrogen) atoms.